The molecule has 10 aromatic rings. The molecule has 2 nitrogen and oxygen atoms in total. The van der Waals surface area contributed by atoms with Crippen molar-refractivity contribution in [1.82, 2.24) is 0 Å². The fourth-order valence-corrected chi connectivity index (χ4v) is 11.8. The van der Waals surface area contributed by atoms with Crippen LogP contribution in [0.25, 0.3) is 44.5 Å². The normalized spacial score (nSPS) is 13.8. The Bertz CT molecular complexity index is 3410. The highest BCUT2D eigenvalue weighted by Gasteiger charge is 2.52. The van der Waals surface area contributed by atoms with E-state index in [1.165, 1.54) is 72.3 Å². The van der Waals surface area contributed by atoms with E-state index < -0.39 is 5.41 Å². The molecule has 0 aromatic heterocycles. The summed E-state index contributed by atoms with van der Waals surface area (Å²) in [5.41, 5.74) is 24.3. The highest BCUT2D eigenvalue weighted by Crippen LogP contribution is 2.65. The van der Waals surface area contributed by atoms with Crippen LogP contribution in [0.2, 0.25) is 0 Å². The predicted octanol–water partition coefficient (Wildman–Crippen LogP) is 16.9. The fraction of sp³-hybridized carbons (Fsp3) is 0.0625. The smallest absolute Gasteiger partial charge is 0.0726 e. The van der Waals surface area contributed by atoms with Crippen LogP contribution in [0.4, 0.5) is 34.1 Å². The van der Waals surface area contributed by atoms with Gasteiger partial charge in [0.05, 0.1) is 11.1 Å². The van der Waals surface area contributed by atoms with Crippen LogP contribution in [-0.4, -0.2) is 0 Å². The highest BCUT2D eigenvalue weighted by atomic mass is 15.1. The SMILES string of the molecule is CC1(C)c2ccccc2-c2ccc(N(c3ccccc3)c3ccc(-c4cc(N(c5ccccc5)c5ccccc5)c5c(c4)C4(c6ccccc6-c6ccccc64)c4ccccc4-5)cc3)cc21. The Morgan fingerprint density at radius 2 is 0.682 bits per heavy atom. The van der Waals surface area contributed by atoms with Crippen molar-refractivity contribution >= 4 is 34.1 Å². The summed E-state index contributed by atoms with van der Waals surface area (Å²) in [6.45, 7) is 4.71. The molecule has 2 heteroatoms. The minimum absolute atomic E-state index is 0.107. The summed E-state index contributed by atoms with van der Waals surface area (Å²) >= 11 is 0. The van der Waals surface area contributed by atoms with Crippen molar-refractivity contribution in [3.8, 4) is 44.5 Å². The molecule has 0 atom stereocenters. The molecule has 0 amide bonds. The van der Waals surface area contributed by atoms with E-state index in [1.54, 1.807) is 0 Å². The van der Waals surface area contributed by atoms with Gasteiger partial charge < -0.3 is 9.80 Å². The van der Waals surface area contributed by atoms with E-state index in [0.29, 0.717) is 0 Å². The molecule has 3 aliphatic carbocycles. The third-order valence-electron chi connectivity index (χ3n) is 14.6. The summed E-state index contributed by atoms with van der Waals surface area (Å²) in [5, 5.41) is 0. The number of hydrogen-bond donors (Lipinski definition) is 0. The largest absolute Gasteiger partial charge is 0.310 e. The monoisotopic (exact) mass is 842 g/mol. The van der Waals surface area contributed by atoms with Gasteiger partial charge >= 0.3 is 0 Å². The molecule has 10 aromatic carbocycles. The number of nitrogens with zero attached hydrogens (tertiary/aromatic N) is 2. The molecular weight excluding hydrogens is 797 g/mol. The first-order valence-corrected chi connectivity index (χ1v) is 23.1. The molecule has 0 bridgehead atoms. The maximum absolute atomic E-state index is 2.51. The van der Waals surface area contributed by atoms with E-state index >= 15 is 0 Å². The molecule has 0 saturated heterocycles. The van der Waals surface area contributed by atoms with Gasteiger partial charge in [-0.15, -0.1) is 0 Å². The zero-order valence-electron chi connectivity index (χ0n) is 37.0. The lowest BCUT2D eigenvalue weighted by Crippen LogP contribution is -2.26. The minimum Gasteiger partial charge on any atom is -0.310 e. The lowest BCUT2D eigenvalue weighted by Gasteiger charge is -2.32. The van der Waals surface area contributed by atoms with Gasteiger partial charge in [-0.05, 0) is 145 Å². The molecular formula is C64H46N2. The molecule has 3 aliphatic rings. The Morgan fingerprint density at radius 1 is 0.273 bits per heavy atom. The van der Waals surface area contributed by atoms with Crippen molar-refractivity contribution in [2.24, 2.45) is 0 Å². The van der Waals surface area contributed by atoms with Crippen molar-refractivity contribution in [2.45, 2.75) is 24.7 Å². The fourth-order valence-electron chi connectivity index (χ4n) is 11.8. The number of hydrogen-bond acceptors (Lipinski definition) is 2. The molecule has 0 radical (unpaired) electrons. The van der Waals surface area contributed by atoms with Gasteiger partial charge in [-0.25, -0.2) is 0 Å². The first-order chi connectivity index (χ1) is 32.5. The Balaban J connectivity index is 1.03. The quantitative estimate of drug-likeness (QED) is 0.158. The van der Waals surface area contributed by atoms with Crippen molar-refractivity contribution in [1.29, 1.82) is 0 Å². The Hall–Kier alpha value is -8.20. The van der Waals surface area contributed by atoms with Gasteiger partial charge in [0.25, 0.3) is 0 Å². The van der Waals surface area contributed by atoms with Crippen LogP contribution >= 0.6 is 0 Å². The van der Waals surface area contributed by atoms with E-state index in [2.05, 4.69) is 266 Å². The third-order valence-corrected chi connectivity index (χ3v) is 14.6. The molecule has 0 aliphatic heterocycles. The molecule has 0 N–H and O–H groups in total. The molecule has 312 valence electrons. The van der Waals surface area contributed by atoms with Gasteiger partial charge in [-0.3, -0.25) is 0 Å². The van der Waals surface area contributed by atoms with Crippen LogP contribution in [0.1, 0.15) is 47.2 Å². The summed E-state index contributed by atoms with van der Waals surface area (Å²) in [5.74, 6) is 0. The number of rotatable bonds is 7. The average Bonchev–Trinajstić information content (AvgIpc) is 3.94. The summed E-state index contributed by atoms with van der Waals surface area (Å²) in [6.07, 6.45) is 0. The van der Waals surface area contributed by atoms with E-state index in [-0.39, 0.29) is 5.41 Å². The molecule has 0 heterocycles. The summed E-state index contributed by atoms with van der Waals surface area (Å²) in [6, 6.07) is 89.9. The second-order valence-electron chi connectivity index (χ2n) is 18.4. The van der Waals surface area contributed by atoms with Gasteiger partial charge in [0.15, 0.2) is 0 Å². The molecule has 1 spiro atoms. The van der Waals surface area contributed by atoms with Gasteiger partial charge in [-0.2, -0.15) is 0 Å². The first kappa shape index (κ1) is 38.3. The molecule has 0 unspecified atom stereocenters. The number of fused-ring (bicyclic) bond motifs is 13. The summed E-state index contributed by atoms with van der Waals surface area (Å²) in [4.78, 5) is 4.87. The van der Waals surface area contributed by atoms with Crippen LogP contribution < -0.4 is 9.80 Å². The standard InChI is InChI=1S/C64H46N2/c1-63(2)55-30-16-12-26-50(55)53-39-38-49(42-59(53)63)65(45-20-6-3-7-21-45)48-36-34-43(35-37-48)44-40-60-62(61(41-44)66(46-22-8-4-9-23-46)47-24-10-5-11-25-47)54-29-15-19-33-58(54)64(60)56-31-17-13-27-51(56)52-28-14-18-32-57(52)64/h3-42H,1-2H3. The topological polar surface area (TPSA) is 6.48 Å². The Morgan fingerprint density at radius 3 is 1.24 bits per heavy atom. The number of benzene rings is 10. The second-order valence-corrected chi connectivity index (χ2v) is 18.4. The van der Waals surface area contributed by atoms with Crippen LogP contribution in [-0.2, 0) is 10.8 Å². The Labute approximate surface area is 387 Å². The zero-order chi connectivity index (χ0) is 44.0. The van der Waals surface area contributed by atoms with Gasteiger partial charge in [0, 0.05) is 39.4 Å². The summed E-state index contributed by atoms with van der Waals surface area (Å²) in [7, 11) is 0. The zero-order valence-corrected chi connectivity index (χ0v) is 37.0. The van der Waals surface area contributed by atoms with Gasteiger partial charge in [0.2, 0.25) is 0 Å². The molecule has 0 fully saturated rings. The van der Waals surface area contributed by atoms with E-state index in [9.17, 15) is 0 Å². The summed E-state index contributed by atoms with van der Waals surface area (Å²) < 4.78 is 0. The van der Waals surface area contributed by atoms with Crippen molar-refractivity contribution in [3.63, 3.8) is 0 Å². The van der Waals surface area contributed by atoms with Crippen LogP contribution in [0.3, 0.4) is 0 Å². The average molecular weight is 843 g/mol. The molecule has 66 heavy (non-hydrogen) atoms. The van der Waals surface area contributed by atoms with Crippen LogP contribution in [0.5, 0.6) is 0 Å². The molecule has 0 saturated carbocycles. The second kappa shape index (κ2) is 14.7. The lowest BCUT2D eigenvalue weighted by molar-refractivity contribution is 0.660. The third kappa shape index (κ3) is 5.48. The molecule has 13 rings (SSSR count). The number of anilines is 6. The number of para-hydroxylation sites is 3. The maximum Gasteiger partial charge on any atom is 0.0726 e. The van der Waals surface area contributed by atoms with Crippen molar-refractivity contribution < 1.29 is 0 Å². The van der Waals surface area contributed by atoms with Crippen molar-refractivity contribution in [3.05, 3.63) is 276 Å². The van der Waals surface area contributed by atoms with E-state index in [4.69, 9.17) is 0 Å². The predicted molar refractivity (Wildman–Crippen MR) is 275 cm³/mol. The van der Waals surface area contributed by atoms with E-state index in [0.717, 1.165) is 39.7 Å². The van der Waals surface area contributed by atoms with Crippen LogP contribution in [0, 0.1) is 0 Å². The maximum atomic E-state index is 2.51. The van der Waals surface area contributed by atoms with Gasteiger partial charge in [0.1, 0.15) is 0 Å². The van der Waals surface area contributed by atoms with E-state index in [1.807, 2.05) is 0 Å². The first-order valence-electron chi connectivity index (χ1n) is 23.1. The lowest BCUT2D eigenvalue weighted by atomic mass is 9.70. The van der Waals surface area contributed by atoms with Crippen LogP contribution in [0.15, 0.2) is 243 Å². The van der Waals surface area contributed by atoms with Crippen molar-refractivity contribution in [2.75, 3.05) is 9.80 Å². The highest BCUT2D eigenvalue weighted by molar-refractivity contribution is 6.03. The minimum atomic E-state index is -0.506. The van der Waals surface area contributed by atoms with Gasteiger partial charge in [-0.1, -0.05) is 184 Å². The Kier molecular flexibility index (Phi) is 8.51.